The van der Waals surface area contributed by atoms with Crippen molar-refractivity contribution in [2.24, 2.45) is 0 Å². The topological polar surface area (TPSA) is 149 Å². The molecule has 2 N–H and O–H groups in total. The van der Waals surface area contributed by atoms with Crippen LogP contribution in [-0.4, -0.2) is 39.1 Å². The van der Waals surface area contributed by atoms with Crippen molar-refractivity contribution in [2.75, 3.05) is 17.3 Å². The standard InChI is InChI=1S/C22H25N3O4.C16H15N3O2/c1-15-12-19(24-29-15)17-8-6-16(7-9-17)14-25(21(26)28-22(2,3)4)20-13-18(27-5)10-11-23-20;1-11-8-15(19-21-11)13-4-2-12(3-5-13)10-18-16-9-14(20)6-7-17-16/h6-13H,14H2,1-5H3;2-9H,10H2,1H3,(H2,17,18,20). The predicted octanol–water partition coefficient (Wildman–Crippen LogP) is 7.95. The van der Waals surface area contributed by atoms with Crippen LogP contribution in [0.5, 0.6) is 5.75 Å². The van der Waals surface area contributed by atoms with Gasteiger partial charge in [-0.3, -0.25) is 9.69 Å². The van der Waals surface area contributed by atoms with Gasteiger partial charge in [-0.1, -0.05) is 58.8 Å². The van der Waals surface area contributed by atoms with Gasteiger partial charge in [0, 0.05) is 60.4 Å². The van der Waals surface area contributed by atoms with Gasteiger partial charge >= 0.3 is 6.09 Å². The molecule has 0 aliphatic carbocycles. The van der Waals surface area contributed by atoms with Crippen molar-refractivity contribution in [1.82, 2.24) is 20.3 Å². The molecule has 0 saturated heterocycles. The number of hydrogen-bond acceptors (Lipinski definition) is 10. The summed E-state index contributed by atoms with van der Waals surface area (Å²) in [5, 5.41) is 11.2. The molecule has 0 fully saturated rings. The number of ether oxygens (including phenoxy) is 2. The maximum absolute atomic E-state index is 12.9. The van der Waals surface area contributed by atoms with Gasteiger partial charge in [-0.05, 0) is 51.8 Å². The van der Waals surface area contributed by atoms with Gasteiger partial charge in [-0.25, -0.2) is 9.78 Å². The van der Waals surface area contributed by atoms with E-state index in [1.54, 1.807) is 31.6 Å². The van der Waals surface area contributed by atoms with Crippen LogP contribution in [0.2, 0.25) is 0 Å². The molecule has 4 aromatic heterocycles. The van der Waals surface area contributed by atoms with Gasteiger partial charge in [0.15, 0.2) is 5.43 Å². The molecule has 0 atom stereocenters. The number of aryl methyl sites for hydroxylation is 2. The number of benzene rings is 2. The van der Waals surface area contributed by atoms with Crippen molar-refractivity contribution >= 4 is 17.7 Å². The lowest BCUT2D eigenvalue weighted by Crippen LogP contribution is -2.37. The number of nitrogens with zero attached hydrogens (tertiary/aromatic N) is 4. The monoisotopic (exact) mass is 676 g/mol. The molecule has 2 aromatic carbocycles. The third kappa shape index (κ3) is 9.92. The first-order valence-corrected chi connectivity index (χ1v) is 15.9. The first-order chi connectivity index (χ1) is 24.0. The lowest BCUT2D eigenvalue weighted by atomic mass is 10.1. The van der Waals surface area contributed by atoms with E-state index in [1.807, 2.05) is 95.3 Å². The maximum Gasteiger partial charge on any atom is 0.416 e. The molecule has 4 heterocycles. The highest BCUT2D eigenvalue weighted by molar-refractivity contribution is 5.86. The van der Waals surface area contributed by atoms with E-state index in [9.17, 15) is 9.59 Å². The molecule has 1 amide bonds. The number of aromatic amines is 1. The Morgan fingerprint density at radius 1 is 0.840 bits per heavy atom. The molecule has 6 aromatic rings. The molecule has 0 bridgehead atoms. The van der Waals surface area contributed by atoms with Crippen molar-refractivity contribution < 1.29 is 23.3 Å². The van der Waals surface area contributed by atoms with Crippen molar-refractivity contribution in [3.05, 3.63) is 130 Å². The van der Waals surface area contributed by atoms with E-state index in [1.165, 1.54) is 17.0 Å². The third-order valence-corrected chi connectivity index (χ3v) is 7.20. The number of nitrogens with one attached hydrogen (secondary N) is 2. The van der Waals surface area contributed by atoms with Gasteiger partial charge in [-0.2, -0.15) is 0 Å². The number of carbonyl (C=O) groups excluding carboxylic acids is 1. The van der Waals surface area contributed by atoms with Crippen LogP contribution >= 0.6 is 0 Å². The lowest BCUT2D eigenvalue weighted by molar-refractivity contribution is 0.0576. The molecule has 0 radical (unpaired) electrons. The zero-order valence-electron chi connectivity index (χ0n) is 28.9. The zero-order chi connectivity index (χ0) is 35.7. The molecule has 50 heavy (non-hydrogen) atoms. The fraction of sp³-hybridized carbons (Fsp3) is 0.237. The Balaban J connectivity index is 0.000000204. The average molecular weight is 677 g/mol. The second-order valence-corrected chi connectivity index (χ2v) is 12.5. The summed E-state index contributed by atoms with van der Waals surface area (Å²) < 4.78 is 21.0. The smallest absolute Gasteiger partial charge is 0.416 e. The molecule has 0 saturated carbocycles. The second kappa shape index (κ2) is 15.8. The van der Waals surface area contributed by atoms with Gasteiger partial charge in [0.05, 0.1) is 13.7 Å². The summed E-state index contributed by atoms with van der Waals surface area (Å²) in [6.07, 6.45) is 2.75. The van der Waals surface area contributed by atoms with Crippen LogP contribution in [-0.2, 0) is 17.8 Å². The summed E-state index contributed by atoms with van der Waals surface area (Å²) in [5.74, 6) is 3.32. The Bertz CT molecular complexity index is 2060. The number of pyridine rings is 2. The van der Waals surface area contributed by atoms with E-state index in [0.717, 1.165) is 45.2 Å². The highest BCUT2D eigenvalue weighted by Gasteiger charge is 2.25. The number of carbonyl (C=O) groups is 1. The molecule has 12 nitrogen and oxygen atoms in total. The minimum atomic E-state index is -0.622. The molecule has 0 unspecified atom stereocenters. The second-order valence-electron chi connectivity index (χ2n) is 12.5. The van der Waals surface area contributed by atoms with Crippen LogP contribution < -0.4 is 20.4 Å². The van der Waals surface area contributed by atoms with Crippen molar-refractivity contribution in [3.63, 3.8) is 0 Å². The molecule has 6 rings (SSSR count). The van der Waals surface area contributed by atoms with E-state index in [4.69, 9.17) is 18.5 Å². The quantitative estimate of drug-likeness (QED) is 0.155. The van der Waals surface area contributed by atoms with Gasteiger partial charge in [0.25, 0.3) is 0 Å². The molecular formula is C38H40N6O6. The van der Waals surface area contributed by atoms with Gasteiger partial charge in [0.1, 0.15) is 45.9 Å². The minimum absolute atomic E-state index is 0.0204. The Morgan fingerprint density at radius 3 is 1.96 bits per heavy atom. The fourth-order valence-electron chi connectivity index (χ4n) is 4.74. The van der Waals surface area contributed by atoms with Crippen LogP contribution in [0.4, 0.5) is 16.4 Å². The van der Waals surface area contributed by atoms with Gasteiger partial charge < -0.3 is 28.8 Å². The Hall–Kier alpha value is -6.17. The summed E-state index contributed by atoms with van der Waals surface area (Å²) in [4.78, 5) is 32.9. The number of hydrogen-bond donors (Lipinski definition) is 2. The predicted molar refractivity (Wildman–Crippen MR) is 191 cm³/mol. The molecule has 0 aliphatic rings. The van der Waals surface area contributed by atoms with Crippen molar-refractivity contribution in [3.8, 4) is 28.3 Å². The van der Waals surface area contributed by atoms with E-state index in [-0.39, 0.29) is 5.43 Å². The molecule has 0 spiro atoms. The molecular weight excluding hydrogens is 636 g/mol. The average Bonchev–Trinajstić information content (AvgIpc) is 3.74. The summed E-state index contributed by atoms with van der Waals surface area (Å²) in [5.41, 5.74) is 4.95. The SMILES string of the molecule is COc1ccnc(N(Cc2ccc(-c3cc(C)on3)cc2)C(=O)OC(C)(C)C)c1.Cc1cc(-c2ccc(CNc3cc(=O)cc[nH]3)cc2)no1. The Kier molecular flexibility index (Phi) is 11.1. The van der Waals surface area contributed by atoms with Crippen LogP contribution in [0, 0.1) is 13.8 Å². The Labute approximate surface area is 290 Å². The maximum atomic E-state index is 12.9. The number of anilines is 2. The van der Waals surface area contributed by atoms with Crippen LogP contribution in [0.1, 0.15) is 43.4 Å². The van der Waals surface area contributed by atoms with E-state index < -0.39 is 11.7 Å². The largest absolute Gasteiger partial charge is 0.497 e. The number of methoxy groups -OCH3 is 1. The number of H-pyrrole nitrogens is 1. The van der Waals surface area contributed by atoms with E-state index in [0.29, 0.717) is 30.5 Å². The Morgan fingerprint density at radius 2 is 1.44 bits per heavy atom. The number of amides is 1. The van der Waals surface area contributed by atoms with Crippen LogP contribution in [0.3, 0.4) is 0 Å². The summed E-state index contributed by atoms with van der Waals surface area (Å²) in [6.45, 7) is 10.1. The number of rotatable bonds is 9. The van der Waals surface area contributed by atoms with Crippen LogP contribution in [0.25, 0.3) is 22.5 Å². The minimum Gasteiger partial charge on any atom is -0.497 e. The normalized spacial score (nSPS) is 10.9. The third-order valence-electron chi connectivity index (χ3n) is 7.20. The highest BCUT2D eigenvalue weighted by atomic mass is 16.6. The van der Waals surface area contributed by atoms with Crippen molar-refractivity contribution in [1.29, 1.82) is 0 Å². The number of aromatic nitrogens is 4. The molecule has 258 valence electrons. The zero-order valence-corrected chi connectivity index (χ0v) is 28.9. The first kappa shape index (κ1) is 35.1. The van der Waals surface area contributed by atoms with Crippen LogP contribution in [0.15, 0.2) is 111 Å². The van der Waals surface area contributed by atoms with Gasteiger partial charge in [-0.15, -0.1) is 0 Å². The van der Waals surface area contributed by atoms with E-state index >= 15 is 0 Å². The van der Waals surface area contributed by atoms with E-state index in [2.05, 4.69) is 25.6 Å². The fourth-order valence-corrected chi connectivity index (χ4v) is 4.74. The summed E-state index contributed by atoms with van der Waals surface area (Å²) in [7, 11) is 1.57. The molecule has 0 aliphatic heterocycles. The lowest BCUT2D eigenvalue weighted by Gasteiger charge is -2.27. The van der Waals surface area contributed by atoms with Gasteiger partial charge in [0.2, 0.25) is 0 Å². The summed E-state index contributed by atoms with van der Waals surface area (Å²) >= 11 is 0. The van der Waals surface area contributed by atoms with Crippen molar-refractivity contribution in [2.45, 2.75) is 53.3 Å². The molecule has 12 heteroatoms. The summed E-state index contributed by atoms with van der Waals surface area (Å²) in [6, 6.07) is 26.1. The highest BCUT2D eigenvalue weighted by Crippen LogP contribution is 2.25. The first-order valence-electron chi connectivity index (χ1n) is 15.9.